The first-order valence-electron chi connectivity index (χ1n) is 10.2. The van der Waals surface area contributed by atoms with Crippen LogP contribution in [0.2, 0.25) is 0 Å². The van der Waals surface area contributed by atoms with Crippen molar-refractivity contribution in [2.75, 3.05) is 33.2 Å². The van der Waals surface area contributed by atoms with Crippen molar-refractivity contribution in [2.45, 2.75) is 43.8 Å². The van der Waals surface area contributed by atoms with Gasteiger partial charge >= 0.3 is 6.18 Å². The van der Waals surface area contributed by atoms with Crippen LogP contribution >= 0.6 is 0 Å². The summed E-state index contributed by atoms with van der Waals surface area (Å²) >= 11 is 0. The Labute approximate surface area is 167 Å². The van der Waals surface area contributed by atoms with E-state index in [9.17, 15) is 17.6 Å². The predicted octanol–water partition coefficient (Wildman–Crippen LogP) is 4.44. The highest BCUT2D eigenvalue weighted by atomic mass is 19.4. The van der Waals surface area contributed by atoms with Crippen molar-refractivity contribution in [2.24, 2.45) is 0 Å². The van der Waals surface area contributed by atoms with Gasteiger partial charge in [-0.15, -0.1) is 0 Å². The standard InChI is InChI=1S/C21H26F4N4/c1-28-10-2-3-16(12-28)29-13-19(27-20(29)14-6-8-26-9-7-14)15-4-5-18(22)17(11-15)21(23,24)25/h4-5,11,13-14,16,26H,2-3,6-10,12H2,1H3. The molecule has 1 unspecified atom stereocenters. The van der Waals surface area contributed by atoms with Crippen molar-refractivity contribution < 1.29 is 17.6 Å². The number of rotatable bonds is 3. The minimum absolute atomic E-state index is 0.252. The Balaban J connectivity index is 1.75. The van der Waals surface area contributed by atoms with Gasteiger partial charge in [-0.2, -0.15) is 13.2 Å². The van der Waals surface area contributed by atoms with Gasteiger partial charge in [0.1, 0.15) is 11.6 Å². The molecule has 0 amide bonds. The highest BCUT2D eigenvalue weighted by Gasteiger charge is 2.35. The van der Waals surface area contributed by atoms with E-state index in [2.05, 4.69) is 21.8 Å². The van der Waals surface area contributed by atoms with Crippen molar-refractivity contribution in [3.8, 4) is 11.3 Å². The van der Waals surface area contributed by atoms with E-state index in [1.807, 2.05) is 6.20 Å². The van der Waals surface area contributed by atoms with E-state index in [1.54, 1.807) is 0 Å². The summed E-state index contributed by atoms with van der Waals surface area (Å²) in [5.74, 6) is -0.0346. The third-order valence-electron chi connectivity index (χ3n) is 6.03. The third-order valence-corrected chi connectivity index (χ3v) is 6.03. The zero-order valence-corrected chi connectivity index (χ0v) is 16.5. The number of halogens is 4. The average molecular weight is 410 g/mol. The lowest BCUT2D eigenvalue weighted by Gasteiger charge is -2.33. The van der Waals surface area contributed by atoms with Crippen molar-refractivity contribution in [3.05, 3.63) is 41.6 Å². The van der Waals surface area contributed by atoms with Gasteiger partial charge in [-0.25, -0.2) is 9.37 Å². The Morgan fingerprint density at radius 3 is 2.59 bits per heavy atom. The summed E-state index contributed by atoms with van der Waals surface area (Å²) in [7, 11) is 2.09. The van der Waals surface area contributed by atoms with Crippen LogP contribution in [0.4, 0.5) is 17.6 Å². The molecule has 2 aromatic rings. The number of nitrogens with zero attached hydrogens (tertiary/aromatic N) is 3. The first-order valence-corrected chi connectivity index (χ1v) is 10.2. The van der Waals surface area contributed by atoms with Gasteiger partial charge < -0.3 is 14.8 Å². The summed E-state index contributed by atoms with van der Waals surface area (Å²) in [5.41, 5.74) is -0.459. The molecule has 2 saturated heterocycles. The molecule has 0 aliphatic carbocycles. The number of likely N-dealkylation sites (N-methyl/N-ethyl adjacent to an activating group) is 1. The number of benzene rings is 1. The highest BCUT2D eigenvalue weighted by Crippen LogP contribution is 2.36. The van der Waals surface area contributed by atoms with E-state index >= 15 is 0 Å². The first-order chi connectivity index (χ1) is 13.8. The Kier molecular flexibility index (Phi) is 5.66. The zero-order chi connectivity index (χ0) is 20.6. The number of hydrogen-bond acceptors (Lipinski definition) is 3. The normalized spacial score (nSPS) is 22.2. The van der Waals surface area contributed by atoms with Crippen molar-refractivity contribution in [1.29, 1.82) is 0 Å². The van der Waals surface area contributed by atoms with Crippen LogP contribution in [-0.2, 0) is 6.18 Å². The molecular formula is C21H26F4N4. The zero-order valence-electron chi connectivity index (χ0n) is 16.5. The first kappa shape index (κ1) is 20.3. The Morgan fingerprint density at radius 2 is 1.90 bits per heavy atom. The minimum Gasteiger partial charge on any atom is -0.330 e. The summed E-state index contributed by atoms with van der Waals surface area (Å²) in [5, 5.41) is 3.35. The minimum atomic E-state index is -4.73. The number of alkyl halides is 3. The van der Waals surface area contributed by atoms with Crippen LogP contribution in [0.15, 0.2) is 24.4 Å². The van der Waals surface area contributed by atoms with Gasteiger partial charge in [-0.1, -0.05) is 0 Å². The Bertz CT molecular complexity index is 855. The molecule has 2 aliphatic rings. The van der Waals surface area contributed by atoms with Crippen LogP contribution in [0.1, 0.15) is 49.0 Å². The van der Waals surface area contributed by atoms with Crippen LogP contribution in [0.25, 0.3) is 11.3 Å². The van der Waals surface area contributed by atoms with Gasteiger partial charge in [0.25, 0.3) is 0 Å². The molecule has 8 heteroatoms. The Hall–Kier alpha value is -1.93. The number of imidazole rings is 1. The summed E-state index contributed by atoms with van der Waals surface area (Å²) in [6.07, 6.45) is 1.15. The van der Waals surface area contributed by atoms with E-state index in [0.29, 0.717) is 11.3 Å². The van der Waals surface area contributed by atoms with Gasteiger partial charge in [-0.05, 0) is 70.6 Å². The van der Waals surface area contributed by atoms with Crippen LogP contribution < -0.4 is 5.32 Å². The maximum Gasteiger partial charge on any atom is 0.419 e. The number of nitrogens with one attached hydrogen (secondary N) is 1. The fraction of sp³-hybridized carbons (Fsp3) is 0.571. The molecule has 158 valence electrons. The number of piperidine rings is 2. The lowest BCUT2D eigenvalue weighted by Crippen LogP contribution is -2.35. The molecular weight excluding hydrogens is 384 g/mol. The maximum absolute atomic E-state index is 13.7. The van der Waals surface area contributed by atoms with E-state index < -0.39 is 17.6 Å². The molecule has 4 rings (SSSR count). The SMILES string of the molecule is CN1CCCC(n2cc(-c3ccc(F)c(C(F)(F)F)c3)nc2C2CCNCC2)C1. The number of likely N-dealkylation sites (tertiary alicyclic amines) is 1. The second kappa shape index (κ2) is 8.07. The molecule has 4 nitrogen and oxygen atoms in total. The molecule has 2 fully saturated rings. The van der Waals surface area contributed by atoms with Gasteiger partial charge in [0.05, 0.1) is 11.3 Å². The van der Waals surface area contributed by atoms with E-state index in [4.69, 9.17) is 4.98 Å². The summed E-state index contributed by atoms with van der Waals surface area (Å²) in [6, 6.07) is 3.40. The monoisotopic (exact) mass is 410 g/mol. The van der Waals surface area contributed by atoms with Crippen LogP contribution in [0.3, 0.4) is 0 Å². The predicted molar refractivity (Wildman–Crippen MR) is 103 cm³/mol. The maximum atomic E-state index is 13.7. The summed E-state index contributed by atoms with van der Waals surface area (Å²) < 4.78 is 55.4. The van der Waals surface area contributed by atoms with Crippen molar-refractivity contribution >= 4 is 0 Å². The molecule has 1 atom stereocenters. The molecule has 29 heavy (non-hydrogen) atoms. The molecule has 0 bridgehead atoms. The molecule has 2 aliphatic heterocycles. The van der Waals surface area contributed by atoms with Crippen LogP contribution in [-0.4, -0.2) is 47.7 Å². The summed E-state index contributed by atoms with van der Waals surface area (Å²) in [4.78, 5) is 7.06. The average Bonchev–Trinajstić information content (AvgIpc) is 3.13. The van der Waals surface area contributed by atoms with Crippen molar-refractivity contribution in [3.63, 3.8) is 0 Å². The molecule has 1 aromatic carbocycles. The largest absolute Gasteiger partial charge is 0.419 e. The van der Waals surface area contributed by atoms with Crippen LogP contribution in [0, 0.1) is 5.82 Å². The molecule has 1 N–H and O–H groups in total. The summed E-state index contributed by atoms with van der Waals surface area (Å²) in [6.45, 7) is 3.76. The number of aromatic nitrogens is 2. The van der Waals surface area contributed by atoms with Gasteiger partial charge in [0.15, 0.2) is 0 Å². The molecule has 1 aromatic heterocycles. The Morgan fingerprint density at radius 1 is 1.14 bits per heavy atom. The second-order valence-corrected chi connectivity index (χ2v) is 8.17. The topological polar surface area (TPSA) is 33.1 Å². The highest BCUT2D eigenvalue weighted by molar-refractivity contribution is 5.60. The van der Waals surface area contributed by atoms with Gasteiger partial charge in [-0.3, -0.25) is 0 Å². The number of hydrogen-bond donors (Lipinski definition) is 1. The lowest BCUT2D eigenvalue weighted by molar-refractivity contribution is -0.139. The lowest BCUT2D eigenvalue weighted by atomic mass is 9.96. The van der Waals surface area contributed by atoms with E-state index in [1.165, 1.54) is 6.07 Å². The smallest absolute Gasteiger partial charge is 0.330 e. The fourth-order valence-electron chi connectivity index (χ4n) is 4.49. The van der Waals surface area contributed by atoms with E-state index in [0.717, 1.165) is 69.8 Å². The molecule has 0 saturated carbocycles. The van der Waals surface area contributed by atoms with Gasteiger partial charge in [0, 0.05) is 30.3 Å². The molecule has 3 heterocycles. The fourth-order valence-corrected chi connectivity index (χ4v) is 4.49. The molecule has 0 radical (unpaired) electrons. The quantitative estimate of drug-likeness (QED) is 0.760. The van der Waals surface area contributed by atoms with E-state index in [-0.39, 0.29) is 12.0 Å². The van der Waals surface area contributed by atoms with Crippen molar-refractivity contribution in [1.82, 2.24) is 19.8 Å². The van der Waals surface area contributed by atoms with Gasteiger partial charge in [0.2, 0.25) is 0 Å². The third kappa shape index (κ3) is 4.33. The second-order valence-electron chi connectivity index (χ2n) is 8.17. The van der Waals surface area contributed by atoms with Crippen LogP contribution in [0.5, 0.6) is 0 Å². The molecule has 0 spiro atoms.